The summed E-state index contributed by atoms with van der Waals surface area (Å²) < 4.78 is 10.7. The van der Waals surface area contributed by atoms with Gasteiger partial charge in [0.1, 0.15) is 5.75 Å². The normalized spacial score (nSPS) is 13.9. The van der Waals surface area contributed by atoms with E-state index >= 15 is 0 Å². The number of rotatable bonds is 6. The van der Waals surface area contributed by atoms with Crippen LogP contribution in [-0.4, -0.2) is 43.7 Å². The Hall–Kier alpha value is -2.84. The van der Waals surface area contributed by atoms with Crippen LogP contribution in [0.4, 0.5) is 17.1 Å². The van der Waals surface area contributed by atoms with Crippen molar-refractivity contribution < 1.29 is 19.2 Å². The summed E-state index contributed by atoms with van der Waals surface area (Å²) in [7, 11) is 0. The lowest BCUT2D eigenvalue weighted by Gasteiger charge is -2.30. The number of ether oxygens (including phenoxy) is 2. The van der Waals surface area contributed by atoms with Crippen molar-refractivity contribution in [3.05, 3.63) is 57.6 Å². The molecule has 9 heteroatoms. The fourth-order valence-electron chi connectivity index (χ4n) is 2.71. The molecule has 3 rings (SSSR count). The van der Waals surface area contributed by atoms with Crippen molar-refractivity contribution in [1.29, 1.82) is 0 Å². The van der Waals surface area contributed by atoms with Crippen LogP contribution < -0.4 is 15.0 Å². The highest BCUT2D eigenvalue weighted by Crippen LogP contribution is 2.30. The van der Waals surface area contributed by atoms with E-state index in [1.807, 2.05) is 6.07 Å². The summed E-state index contributed by atoms with van der Waals surface area (Å²) in [6, 6.07) is 11.0. The minimum Gasteiger partial charge on any atom is -0.484 e. The number of benzene rings is 2. The lowest BCUT2D eigenvalue weighted by atomic mass is 10.2. The number of nitro benzene ring substituents is 1. The Morgan fingerprint density at radius 1 is 1.26 bits per heavy atom. The maximum absolute atomic E-state index is 12.3. The zero-order chi connectivity index (χ0) is 19.2. The van der Waals surface area contributed by atoms with E-state index in [1.54, 1.807) is 18.2 Å². The smallest absolute Gasteiger partial charge is 0.273 e. The molecule has 0 aromatic heterocycles. The highest BCUT2D eigenvalue weighted by Gasteiger charge is 2.17. The van der Waals surface area contributed by atoms with Gasteiger partial charge in [0.25, 0.3) is 11.6 Å². The van der Waals surface area contributed by atoms with Gasteiger partial charge in [-0.15, -0.1) is 0 Å². The van der Waals surface area contributed by atoms with E-state index < -0.39 is 10.8 Å². The molecule has 0 saturated carbocycles. The molecule has 0 radical (unpaired) electrons. The largest absolute Gasteiger partial charge is 0.484 e. The molecule has 1 saturated heterocycles. The number of amides is 1. The summed E-state index contributed by atoms with van der Waals surface area (Å²) in [5.74, 6) is -0.142. The van der Waals surface area contributed by atoms with Crippen LogP contribution in [0.5, 0.6) is 5.75 Å². The Balaban J connectivity index is 1.66. The molecule has 2 aromatic carbocycles. The maximum Gasteiger partial charge on any atom is 0.273 e. The van der Waals surface area contributed by atoms with E-state index in [1.165, 1.54) is 18.2 Å². The number of hydrogen-bond acceptors (Lipinski definition) is 6. The van der Waals surface area contributed by atoms with Gasteiger partial charge < -0.3 is 19.7 Å². The number of anilines is 2. The van der Waals surface area contributed by atoms with Crippen LogP contribution in [0.25, 0.3) is 0 Å². The molecule has 1 N–H and O–H groups in total. The van der Waals surface area contributed by atoms with E-state index in [9.17, 15) is 14.9 Å². The second-order valence-electron chi connectivity index (χ2n) is 5.85. The van der Waals surface area contributed by atoms with Gasteiger partial charge in [0.05, 0.1) is 35.6 Å². The third kappa shape index (κ3) is 5.08. The van der Waals surface area contributed by atoms with Crippen molar-refractivity contribution in [1.82, 2.24) is 0 Å². The molecule has 0 aliphatic carbocycles. The third-order valence-corrected chi connectivity index (χ3v) is 4.22. The molecule has 2 aromatic rings. The molecule has 0 unspecified atom stereocenters. The van der Waals surface area contributed by atoms with Crippen molar-refractivity contribution in [2.45, 2.75) is 0 Å². The van der Waals surface area contributed by atoms with Crippen molar-refractivity contribution in [3.63, 3.8) is 0 Å². The lowest BCUT2D eigenvalue weighted by molar-refractivity contribution is -0.384. The average molecular weight is 392 g/mol. The molecule has 1 amide bonds. The van der Waals surface area contributed by atoms with Gasteiger partial charge in [0, 0.05) is 24.2 Å². The van der Waals surface area contributed by atoms with Gasteiger partial charge in [-0.1, -0.05) is 17.7 Å². The second-order valence-corrected chi connectivity index (χ2v) is 6.29. The Morgan fingerprint density at radius 3 is 2.78 bits per heavy atom. The number of nitrogens with one attached hydrogen (secondary N) is 1. The monoisotopic (exact) mass is 391 g/mol. The van der Waals surface area contributed by atoms with Gasteiger partial charge in [-0.2, -0.15) is 0 Å². The topological polar surface area (TPSA) is 93.9 Å². The Labute approximate surface area is 160 Å². The van der Waals surface area contributed by atoms with Crippen LogP contribution in [0, 0.1) is 10.1 Å². The summed E-state index contributed by atoms with van der Waals surface area (Å²) in [5.41, 5.74) is 1.33. The van der Waals surface area contributed by atoms with Gasteiger partial charge >= 0.3 is 0 Å². The van der Waals surface area contributed by atoms with Gasteiger partial charge in [0.2, 0.25) is 0 Å². The first kappa shape index (κ1) is 18.9. The first-order valence-corrected chi connectivity index (χ1v) is 8.70. The van der Waals surface area contributed by atoms with Crippen LogP contribution in [0.2, 0.25) is 5.02 Å². The number of halogens is 1. The van der Waals surface area contributed by atoms with Crippen LogP contribution >= 0.6 is 11.6 Å². The summed E-state index contributed by atoms with van der Waals surface area (Å²) >= 11 is 6.07. The first-order chi connectivity index (χ1) is 13.0. The Bertz CT molecular complexity index is 839. The number of nitrogens with zero attached hydrogens (tertiary/aromatic N) is 2. The molecule has 1 aliphatic heterocycles. The van der Waals surface area contributed by atoms with E-state index in [2.05, 4.69) is 10.2 Å². The fraction of sp³-hybridized carbons (Fsp3) is 0.278. The highest BCUT2D eigenvalue weighted by molar-refractivity contribution is 6.31. The van der Waals surface area contributed by atoms with Gasteiger partial charge in [-0.25, -0.2) is 0 Å². The minimum absolute atomic E-state index is 0.0997. The summed E-state index contributed by atoms with van der Waals surface area (Å²) in [6.45, 7) is 2.39. The molecule has 8 nitrogen and oxygen atoms in total. The van der Waals surface area contributed by atoms with Gasteiger partial charge in [-0.05, 0) is 24.3 Å². The SMILES string of the molecule is O=C(COc1cccc([N+](=O)[O-])c1)Nc1cc(Cl)ccc1N1CCOCC1. The lowest BCUT2D eigenvalue weighted by Crippen LogP contribution is -2.37. The third-order valence-electron chi connectivity index (χ3n) is 3.98. The zero-order valence-corrected chi connectivity index (χ0v) is 15.1. The standard InChI is InChI=1S/C18H18ClN3O5/c19-13-4-5-17(21-6-8-26-9-7-21)16(10-13)20-18(23)12-27-15-3-1-2-14(11-15)22(24)25/h1-5,10-11H,6-9,12H2,(H,20,23). The van der Waals surface area contributed by atoms with Gasteiger partial charge in [0.15, 0.2) is 6.61 Å². The number of hydrogen-bond donors (Lipinski definition) is 1. The molecule has 1 aliphatic rings. The van der Waals surface area contributed by atoms with Crippen LogP contribution in [0.15, 0.2) is 42.5 Å². The second kappa shape index (κ2) is 8.70. The van der Waals surface area contributed by atoms with Crippen LogP contribution in [-0.2, 0) is 9.53 Å². The minimum atomic E-state index is -0.520. The number of non-ortho nitro benzene ring substituents is 1. The molecular weight excluding hydrogens is 374 g/mol. The zero-order valence-electron chi connectivity index (χ0n) is 14.4. The number of nitro groups is 1. The molecular formula is C18H18ClN3O5. The molecule has 0 atom stereocenters. The predicted molar refractivity (Wildman–Crippen MR) is 102 cm³/mol. The molecule has 1 heterocycles. The molecule has 0 spiro atoms. The summed E-state index contributed by atoms with van der Waals surface area (Å²) in [4.78, 5) is 24.7. The van der Waals surface area contributed by atoms with Gasteiger partial charge in [-0.3, -0.25) is 14.9 Å². The van der Waals surface area contributed by atoms with E-state index in [0.29, 0.717) is 37.0 Å². The number of carbonyl (C=O) groups is 1. The first-order valence-electron chi connectivity index (χ1n) is 8.32. The molecule has 142 valence electrons. The maximum atomic E-state index is 12.3. The molecule has 1 fully saturated rings. The number of carbonyl (C=O) groups excluding carboxylic acids is 1. The quantitative estimate of drug-likeness (QED) is 0.600. The van der Waals surface area contributed by atoms with E-state index in [0.717, 1.165) is 5.69 Å². The number of morpholine rings is 1. The van der Waals surface area contributed by atoms with Crippen molar-refractivity contribution in [3.8, 4) is 5.75 Å². The van der Waals surface area contributed by atoms with Crippen molar-refractivity contribution in [2.75, 3.05) is 43.1 Å². The predicted octanol–water partition coefficient (Wildman–Crippen LogP) is 3.10. The van der Waals surface area contributed by atoms with Crippen LogP contribution in [0.3, 0.4) is 0 Å². The van der Waals surface area contributed by atoms with E-state index in [4.69, 9.17) is 21.1 Å². The fourth-order valence-corrected chi connectivity index (χ4v) is 2.88. The molecule has 0 bridgehead atoms. The van der Waals surface area contributed by atoms with E-state index in [-0.39, 0.29) is 18.0 Å². The Kier molecular flexibility index (Phi) is 6.10. The summed E-state index contributed by atoms with van der Waals surface area (Å²) in [6.07, 6.45) is 0. The molecule has 27 heavy (non-hydrogen) atoms. The highest BCUT2D eigenvalue weighted by atomic mass is 35.5. The van der Waals surface area contributed by atoms with Crippen molar-refractivity contribution in [2.24, 2.45) is 0 Å². The van der Waals surface area contributed by atoms with Crippen LogP contribution in [0.1, 0.15) is 0 Å². The van der Waals surface area contributed by atoms with Crippen molar-refractivity contribution >= 4 is 34.6 Å². The average Bonchev–Trinajstić information content (AvgIpc) is 2.67. The summed E-state index contributed by atoms with van der Waals surface area (Å²) in [5, 5.41) is 14.1. The Morgan fingerprint density at radius 2 is 2.04 bits per heavy atom.